The first-order valence-corrected chi connectivity index (χ1v) is 12.3. The molecular formula is C28H25N3O3S. The van der Waals surface area contributed by atoms with Crippen molar-refractivity contribution in [3.63, 3.8) is 0 Å². The third-order valence-electron chi connectivity index (χ3n) is 6.34. The fourth-order valence-corrected chi connectivity index (χ4v) is 5.73. The summed E-state index contributed by atoms with van der Waals surface area (Å²) in [4.78, 5) is 24.1. The van der Waals surface area contributed by atoms with Crippen molar-refractivity contribution in [3.8, 4) is 16.8 Å². The number of hydrogen-bond donors (Lipinski definition) is 2. The number of hydrogen-bond acceptors (Lipinski definition) is 4. The summed E-state index contributed by atoms with van der Waals surface area (Å²) in [6.45, 7) is 5.95. The highest BCUT2D eigenvalue weighted by Gasteiger charge is 2.34. The lowest BCUT2D eigenvalue weighted by Gasteiger charge is -2.18. The van der Waals surface area contributed by atoms with E-state index in [0.717, 1.165) is 45.0 Å². The minimum atomic E-state index is -0.938. The van der Waals surface area contributed by atoms with Crippen molar-refractivity contribution in [1.82, 2.24) is 9.78 Å². The molecule has 1 amide bonds. The van der Waals surface area contributed by atoms with E-state index in [9.17, 15) is 9.59 Å². The molecule has 0 aliphatic carbocycles. The average molecular weight is 484 g/mol. The molecule has 7 heteroatoms. The van der Waals surface area contributed by atoms with Gasteiger partial charge in [-0.15, -0.1) is 11.8 Å². The van der Waals surface area contributed by atoms with Gasteiger partial charge < -0.3 is 10.4 Å². The van der Waals surface area contributed by atoms with Crippen molar-refractivity contribution < 1.29 is 14.7 Å². The van der Waals surface area contributed by atoms with Crippen molar-refractivity contribution >= 4 is 29.5 Å². The SMILES string of the molecule is Cc1ccccc1-n1nc(C)c2c1NC(=O)[C@H](C)S[C@@H]2c1ccc(-c2ccc(C(=O)O)cc2)cc1. The zero-order valence-corrected chi connectivity index (χ0v) is 20.5. The van der Waals surface area contributed by atoms with Crippen LogP contribution in [-0.2, 0) is 4.79 Å². The zero-order chi connectivity index (χ0) is 24.7. The number of aromatic carboxylic acids is 1. The van der Waals surface area contributed by atoms with Gasteiger partial charge in [-0.05, 0) is 61.2 Å². The number of aromatic nitrogens is 2. The molecule has 3 aromatic carbocycles. The van der Waals surface area contributed by atoms with Gasteiger partial charge in [0.05, 0.1) is 27.4 Å². The first kappa shape index (κ1) is 22.9. The predicted octanol–water partition coefficient (Wildman–Crippen LogP) is 6.02. The molecule has 5 rings (SSSR count). The number of thioether (sulfide) groups is 1. The van der Waals surface area contributed by atoms with Gasteiger partial charge in [0, 0.05) is 5.56 Å². The van der Waals surface area contributed by atoms with E-state index in [4.69, 9.17) is 10.2 Å². The molecule has 35 heavy (non-hydrogen) atoms. The number of aryl methyl sites for hydroxylation is 2. The zero-order valence-electron chi connectivity index (χ0n) is 19.6. The monoisotopic (exact) mass is 483 g/mol. The van der Waals surface area contributed by atoms with E-state index < -0.39 is 5.97 Å². The topological polar surface area (TPSA) is 84.2 Å². The molecule has 1 aromatic heterocycles. The Balaban J connectivity index is 1.56. The molecule has 1 aliphatic heterocycles. The number of benzene rings is 3. The number of anilines is 1. The largest absolute Gasteiger partial charge is 0.478 e. The van der Waals surface area contributed by atoms with E-state index in [2.05, 4.69) is 17.4 Å². The molecule has 1 aliphatic rings. The number of amides is 1. The van der Waals surface area contributed by atoms with Crippen molar-refractivity contribution in [2.75, 3.05) is 5.32 Å². The molecule has 4 aromatic rings. The van der Waals surface area contributed by atoms with Gasteiger partial charge in [0.15, 0.2) is 0 Å². The maximum absolute atomic E-state index is 12.9. The predicted molar refractivity (Wildman–Crippen MR) is 139 cm³/mol. The maximum Gasteiger partial charge on any atom is 0.335 e. The second kappa shape index (κ2) is 9.07. The van der Waals surface area contributed by atoms with Crippen molar-refractivity contribution in [1.29, 1.82) is 0 Å². The van der Waals surface area contributed by atoms with Gasteiger partial charge in [0.1, 0.15) is 5.82 Å². The lowest BCUT2D eigenvalue weighted by atomic mass is 9.99. The number of carbonyl (C=O) groups excluding carboxylic acids is 1. The van der Waals surface area contributed by atoms with Gasteiger partial charge in [0.2, 0.25) is 5.91 Å². The number of carboxylic acids is 1. The Morgan fingerprint density at radius 1 is 0.971 bits per heavy atom. The lowest BCUT2D eigenvalue weighted by Crippen LogP contribution is -2.22. The average Bonchev–Trinajstić information content (AvgIpc) is 3.10. The quantitative estimate of drug-likeness (QED) is 0.371. The van der Waals surface area contributed by atoms with E-state index in [1.165, 1.54) is 0 Å². The molecule has 0 saturated heterocycles. The van der Waals surface area contributed by atoms with Crippen LogP contribution in [0.2, 0.25) is 0 Å². The third-order valence-corrected chi connectivity index (χ3v) is 7.74. The van der Waals surface area contributed by atoms with Crippen LogP contribution in [0.4, 0.5) is 5.82 Å². The van der Waals surface area contributed by atoms with Crippen molar-refractivity contribution in [2.45, 2.75) is 31.3 Å². The fourth-order valence-electron chi connectivity index (χ4n) is 4.40. The highest BCUT2D eigenvalue weighted by Crippen LogP contribution is 2.46. The first-order chi connectivity index (χ1) is 16.8. The van der Waals surface area contributed by atoms with Crippen molar-refractivity contribution in [2.24, 2.45) is 0 Å². The minimum Gasteiger partial charge on any atom is -0.478 e. The van der Waals surface area contributed by atoms with Crippen LogP contribution in [-0.4, -0.2) is 32.0 Å². The standard InChI is InChI=1S/C28H25N3O3S/c1-16-6-4-5-7-23(16)31-26-24(17(2)30-31)25(35-18(3)27(32)29-26)21-12-8-19(9-13-21)20-10-14-22(15-11-20)28(33)34/h4-15,18,25H,1-3H3,(H,29,32)(H,33,34)/t18-,25+/m0/s1. The highest BCUT2D eigenvalue weighted by molar-refractivity contribution is 8.01. The minimum absolute atomic E-state index is 0.0383. The van der Waals surface area contributed by atoms with Crippen LogP contribution >= 0.6 is 11.8 Å². The van der Waals surface area contributed by atoms with Gasteiger partial charge in [-0.2, -0.15) is 5.10 Å². The molecule has 6 nitrogen and oxygen atoms in total. The van der Waals surface area contributed by atoms with Crippen LogP contribution in [0.15, 0.2) is 72.8 Å². The number of carboxylic acid groups (broad SMARTS) is 1. The maximum atomic E-state index is 12.9. The third kappa shape index (κ3) is 4.23. The molecule has 2 heterocycles. The van der Waals surface area contributed by atoms with Gasteiger partial charge in [-0.1, -0.05) is 54.6 Å². The number of fused-ring (bicyclic) bond motifs is 1. The van der Waals surface area contributed by atoms with E-state index in [1.54, 1.807) is 23.9 Å². The van der Waals surface area contributed by atoms with Crippen LogP contribution in [0.3, 0.4) is 0 Å². The smallest absolute Gasteiger partial charge is 0.335 e. The van der Waals surface area contributed by atoms with Gasteiger partial charge in [0.25, 0.3) is 0 Å². The summed E-state index contributed by atoms with van der Waals surface area (Å²) >= 11 is 1.61. The van der Waals surface area contributed by atoms with Crippen LogP contribution in [0.1, 0.15) is 44.9 Å². The van der Waals surface area contributed by atoms with E-state index in [-0.39, 0.29) is 22.0 Å². The van der Waals surface area contributed by atoms with E-state index in [1.807, 2.05) is 74.0 Å². The fraction of sp³-hybridized carbons (Fsp3) is 0.179. The van der Waals surface area contributed by atoms with Crippen LogP contribution < -0.4 is 5.32 Å². The molecule has 0 fully saturated rings. The van der Waals surface area contributed by atoms with Crippen LogP contribution in [0, 0.1) is 13.8 Å². The molecule has 2 N–H and O–H groups in total. The Kier molecular flexibility index (Phi) is 5.94. The van der Waals surface area contributed by atoms with Crippen molar-refractivity contribution in [3.05, 3.63) is 101 Å². The summed E-state index contributed by atoms with van der Waals surface area (Å²) in [5.74, 6) is -0.257. The normalized spacial score (nSPS) is 17.4. The number of carbonyl (C=O) groups is 2. The highest BCUT2D eigenvalue weighted by atomic mass is 32.2. The molecular weight excluding hydrogens is 458 g/mol. The van der Waals surface area contributed by atoms with Crippen LogP contribution in [0.5, 0.6) is 0 Å². The molecule has 176 valence electrons. The summed E-state index contributed by atoms with van der Waals surface area (Å²) in [5, 5.41) is 16.8. The molecule has 0 saturated carbocycles. The number of rotatable bonds is 4. The molecule has 0 radical (unpaired) electrons. The summed E-state index contributed by atoms with van der Waals surface area (Å²) in [6, 6.07) is 23.1. The second-order valence-corrected chi connectivity index (χ2v) is 10.1. The van der Waals surface area contributed by atoms with Crippen LogP contribution in [0.25, 0.3) is 16.8 Å². The molecule has 2 atom stereocenters. The number of nitrogens with zero attached hydrogens (tertiary/aromatic N) is 2. The second-order valence-electron chi connectivity index (χ2n) is 8.70. The Bertz CT molecular complexity index is 1430. The Morgan fingerprint density at radius 3 is 2.23 bits per heavy atom. The van der Waals surface area contributed by atoms with Gasteiger partial charge >= 0.3 is 5.97 Å². The molecule has 0 unspecified atom stereocenters. The number of para-hydroxylation sites is 1. The summed E-state index contributed by atoms with van der Waals surface area (Å²) in [6.07, 6.45) is 0. The lowest BCUT2D eigenvalue weighted by molar-refractivity contribution is -0.115. The summed E-state index contributed by atoms with van der Waals surface area (Å²) < 4.78 is 1.85. The summed E-state index contributed by atoms with van der Waals surface area (Å²) in [5.41, 5.74) is 7.20. The first-order valence-electron chi connectivity index (χ1n) is 11.4. The van der Waals surface area contributed by atoms with E-state index in [0.29, 0.717) is 0 Å². The Hall–Kier alpha value is -3.84. The number of nitrogens with one attached hydrogen (secondary N) is 1. The molecule has 0 spiro atoms. The summed E-state index contributed by atoms with van der Waals surface area (Å²) in [7, 11) is 0. The van der Waals surface area contributed by atoms with E-state index >= 15 is 0 Å². The Labute approximate surface area is 208 Å². The van der Waals surface area contributed by atoms with Gasteiger partial charge in [-0.25, -0.2) is 9.48 Å². The van der Waals surface area contributed by atoms with Gasteiger partial charge in [-0.3, -0.25) is 4.79 Å². The Morgan fingerprint density at radius 2 is 1.60 bits per heavy atom. The molecule has 0 bridgehead atoms.